The molecule has 3 heteroatoms. The van der Waals surface area contributed by atoms with Crippen molar-refractivity contribution in [2.24, 2.45) is 5.92 Å². The van der Waals surface area contributed by atoms with Crippen LogP contribution in [-0.2, 0) is 6.54 Å². The first-order valence-corrected chi connectivity index (χ1v) is 8.24. The van der Waals surface area contributed by atoms with E-state index >= 15 is 0 Å². The summed E-state index contributed by atoms with van der Waals surface area (Å²) in [5.74, 6) is 0.680. The highest BCUT2D eigenvalue weighted by Crippen LogP contribution is 2.21. The maximum absolute atomic E-state index is 9.26. The van der Waals surface area contributed by atoms with Crippen molar-refractivity contribution in [1.29, 1.82) is 0 Å². The van der Waals surface area contributed by atoms with Gasteiger partial charge in [0.25, 0.3) is 0 Å². The molecule has 1 rings (SSSR count). The normalized spacial score (nSPS) is 11.1. The van der Waals surface area contributed by atoms with Gasteiger partial charge in [-0.25, -0.2) is 0 Å². The molecule has 0 aliphatic heterocycles. The molecule has 0 amide bonds. The van der Waals surface area contributed by atoms with Gasteiger partial charge in [0.1, 0.15) is 0 Å². The van der Waals surface area contributed by atoms with Gasteiger partial charge < -0.3 is 15.3 Å². The molecule has 3 nitrogen and oxygen atoms in total. The number of nitrogens with zero attached hydrogens (tertiary/aromatic N) is 1. The molecular weight excluding hydrogens is 260 g/mol. The Bertz CT molecular complexity index is 404. The van der Waals surface area contributed by atoms with Crippen LogP contribution < -0.4 is 10.2 Å². The lowest BCUT2D eigenvalue weighted by atomic mass is 10.1. The Kier molecular flexibility index (Phi) is 8.40. The van der Waals surface area contributed by atoms with Crippen molar-refractivity contribution >= 4 is 5.69 Å². The molecule has 0 fully saturated rings. The molecule has 2 N–H and O–H groups in total. The van der Waals surface area contributed by atoms with Crippen molar-refractivity contribution in [3.63, 3.8) is 0 Å². The van der Waals surface area contributed by atoms with Crippen molar-refractivity contribution in [3.8, 4) is 0 Å². The lowest BCUT2D eigenvalue weighted by Gasteiger charge is -2.26. The number of unbranched alkanes of at least 4 members (excludes halogenated alkanes) is 1. The van der Waals surface area contributed by atoms with E-state index < -0.39 is 0 Å². The summed E-state index contributed by atoms with van der Waals surface area (Å²) in [6.07, 6.45) is 2.34. The number of hydrogen-bond donors (Lipinski definition) is 2. The summed E-state index contributed by atoms with van der Waals surface area (Å²) in [6.45, 7) is 12.7. The highest BCUT2D eigenvalue weighted by atomic mass is 16.3. The minimum Gasteiger partial charge on any atom is -0.395 e. The molecule has 1 aromatic carbocycles. The zero-order valence-corrected chi connectivity index (χ0v) is 14.2. The molecule has 0 unspecified atom stereocenters. The fourth-order valence-electron chi connectivity index (χ4n) is 2.51. The molecule has 0 radical (unpaired) electrons. The highest BCUT2D eigenvalue weighted by Gasteiger charge is 2.09. The quantitative estimate of drug-likeness (QED) is 0.694. The molecule has 0 heterocycles. The SMILES string of the molecule is CCCCN(CCO)c1ccc(CNCC(C)C)cc1C. The van der Waals surface area contributed by atoms with Crippen molar-refractivity contribution in [3.05, 3.63) is 29.3 Å². The average Bonchev–Trinajstić information content (AvgIpc) is 2.43. The molecule has 0 aliphatic carbocycles. The van der Waals surface area contributed by atoms with Crippen LogP contribution in [0.3, 0.4) is 0 Å². The molecule has 0 saturated heterocycles. The summed E-state index contributed by atoms with van der Waals surface area (Å²) in [6, 6.07) is 6.66. The van der Waals surface area contributed by atoms with Crippen LogP contribution in [0.25, 0.3) is 0 Å². The number of nitrogens with one attached hydrogen (secondary N) is 1. The minimum absolute atomic E-state index is 0.209. The van der Waals surface area contributed by atoms with Gasteiger partial charge in [-0.2, -0.15) is 0 Å². The molecule has 0 atom stereocenters. The lowest BCUT2D eigenvalue weighted by molar-refractivity contribution is 0.301. The van der Waals surface area contributed by atoms with Gasteiger partial charge in [0, 0.05) is 25.3 Å². The Labute approximate surface area is 130 Å². The summed E-state index contributed by atoms with van der Waals surface area (Å²) in [7, 11) is 0. The molecule has 0 bridgehead atoms. The molecule has 1 aromatic rings. The molecule has 0 spiro atoms. The third kappa shape index (κ3) is 6.49. The molecule has 0 aromatic heterocycles. The second-order valence-electron chi connectivity index (χ2n) is 6.21. The number of aliphatic hydroxyl groups is 1. The Hall–Kier alpha value is -1.06. The van der Waals surface area contributed by atoms with Crippen LogP contribution in [0.5, 0.6) is 0 Å². The third-order valence-corrected chi connectivity index (χ3v) is 3.64. The maximum Gasteiger partial charge on any atom is 0.0606 e. The van der Waals surface area contributed by atoms with Gasteiger partial charge in [-0.15, -0.1) is 0 Å². The molecular formula is C18H32N2O. The van der Waals surface area contributed by atoms with Crippen LogP contribution in [0.2, 0.25) is 0 Å². The number of aliphatic hydroxyl groups excluding tert-OH is 1. The highest BCUT2D eigenvalue weighted by molar-refractivity contribution is 5.54. The van der Waals surface area contributed by atoms with E-state index in [9.17, 15) is 5.11 Å². The van der Waals surface area contributed by atoms with Crippen LogP contribution in [-0.4, -0.2) is 31.3 Å². The van der Waals surface area contributed by atoms with Crippen molar-refractivity contribution in [2.75, 3.05) is 31.1 Å². The van der Waals surface area contributed by atoms with Gasteiger partial charge in [0.05, 0.1) is 6.61 Å². The summed E-state index contributed by atoms with van der Waals surface area (Å²) in [4.78, 5) is 2.30. The fourth-order valence-corrected chi connectivity index (χ4v) is 2.51. The van der Waals surface area contributed by atoms with E-state index in [0.29, 0.717) is 12.5 Å². The first-order chi connectivity index (χ1) is 10.1. The van der Waals surface area contributed by atoms with E-state index in [0.717, 1.165) is 26.1 Å². The Morgan fingerprint density at radius 3 is 2.57 bits per heavy atom. The lowest BCUT2D eigenvalue weighted by Crippen LogP contribution is -2.28. The van der Waals surface area contributed by atoms with Crippen molar-refractivity contribution in [2.45, 2.75) is 47.1 Å². The van der Waals surface area contributed by atoms with E-state index in [1.165, 1.54) is 23.2 Å². The third-order valence-electron chi connectivity index (χ3n) is 3.64. The molecule has 21 heavy (non-hydrogen) atoms. The summed E-state index contributed by atoms with van der Waals surface area (Å²) < 4.78 is 0. The summed E-state index contributed by atoms with van der Waals surface area (Å²) in [5.41, 5.74) is 3.88. The maximum atomic E-state index is 9.26. The fraction of sp³-hybridized carbons (Fsp3) is 0.667. The predicted octanol–water partition coefficient (Wildman–Crippen LogP) is 3.34. The predicted molar refractivity (Wildman–Crippen MR) is 91.9 cm³/mol. The van der Waals surface area contributed by atoms with Crippen LogP contribution in [0.1, 0.15) is 44.7 Å². The van der Waals surface area contributed by atoms with Crippen LogP contribution >= 0.6 is 0 Å². The van der Waals surface area contributed by atoms with E-state index in [4.69, 9.17) is 0 Å². The summed E-state index contributed by atoms with van der Waals surface area (Å²) in [5, 5.41) is 12.7. The Morgan fingerprint density at radius 1 is 1.24 bits per heavy atom. The monoisotopic (exact) mass is 292 g/mol. The zero-order chi connectivity index (χ0) is 15.7. The van der Waals surface area contributed by atoms with Gasteiger partial charge in [-0.05, 0) is 43.0 Å². The van der Waals surface area contributed by atoms with E-state index in [-0.39, 0.29) is 6.61 Å². The standard InChI is InChI=1S/C18H32N2O/c1-5-6-9-20(10-11-21)18-8-7-17(12-16(18)4)14-19-13-15(2)3/h7-8,12,15,19,21H,5-6,9-11,13-14H2,1-4H3. The van der Waals surface area contributed by atoms with Gasteiger partial charge in [-0.1, -0.05) is 39.3 Å². The number of benzene rings is 1. The molecule has 0 aliphatic rings. The Balaban J connectivity index is 2.70. The number of hydrogen-bond acceptors (Lipinski definition) is 3. The topological polar surface area (TPSA) is 35.5 Å². The first-order valence-electron chi connectivity index (χ1n) is 8.24. The van der Waals surface area contributed by atoms with E-state index in [2.05, 4.69) is 56.1 Å². The molecule has 120 valence electrons. The number of aryl methyl sites for hydroxylation is 1. The van der Waals surface area contributed by atoms with Crippen LogP contribution in [0.15, 0.2) is 18.2 Å². The van der Waals surface area contributed by atoms with E-state index in [1.807, 2.05) is 0 Å². The average molecular weight is 292 g/mol. The van der Waals surface area contributed by atoms with Crippen molar-refractivity contribution in [1.82, 2.24) is 5.32 Å². The summed E-state index contributed by atoms with van der Waals surface area (Å²) >= 11 is 0. The number of anilines is 1. The zero-order valence-electron chi connectivity index (χ0n) is 14.2. The van der Waals surface area contributed by atoms with Crippen LogP contribution in [0, 0.1) is 12.8 Å². The minimum atomic E-state index is 0.209. The number of rotatable bonds is 10. The van der Waals surface area contributed by atoms with Gasteiger partial charge >= 0.3 is 0 Å². The first kappa shape index (κ1) is 18.0. The second kappa shape index (κ2) is 9.80. The Morgan fingerprint density at radius 2 is 2.00 bits per heavy atom. The second-order valence-corrected chi connectivity index (χ2v) is 6.21. The largest absolute Gasteiger partial charge is 0.395 e. The van der Waals surface area contributed by atoms with Crippen molar-refractivity contribution < 1.29 is 5.11 Å². The van der Waals surface area contributed by atoms with E-state index in [1.54, 1.807) is 0 Å². The van der Waals surface area contributed by atoms with Crippen LogP contribution in [0.4, 0.5) is 5.69 Å². The molecule has 0 saturated carbocycles. The smallest absolute Gasteiger partial charge is 0.0606 e. The van der Waals surface area contributed by atoms with Gasteiger partial charge in [-0.3, -0.25) is 0 Å². The van der Waals surface area contributed by atoms with Gasteiger partial charge in [0.15, 0.2) is 0 Å². The van der Waals surface area contributed by atoms with Gasteiger partial charge in [0.2, 0.25) is 0 Å².